The average molecular weight is 1560 g/mol. The van der Waals surface area contributed by atoms with Gasteiger partial charge in [-0.1, -0.05) is 249 Å². The molecule has 0 N–H and O–H groups in total. The summed E-state index contributed by atoms with van der Waals surface area (Å²) < 4.78 is 43.1. The van der Waals surface area contributed by atoms with Crippen molar-refractivity contribution in [2.45, 2.75) is 218 Å². The molecule has 0 aromatic heterocycles. The Labute approximate surface area is 688 Å². The number of rotatable bonds is 29. The third-order valence-electron chi connectivity index (χ3n) is 23.9. The molecule has 10 nitrogen and oxygen atoms in total. The zero-order chi connectivity index (χ0) is 80.1. The largest absolute Gasteiger partial charge is 0.493 e. The first-order valence-corrected chi connectivity index (χ1v) is 43.5. The molecule has 11 heteroatoms. The minimum Gasteiger partial charge on any atom is -0.493 e. The highest BCUT2D eigenvalue weighted by Gasteiger charge is 2.27. The van der Waals surface area contributed by atoms with Crippen LogP contribution in [-0.4, -0.2) is 48.5 Å². The van der Waals surface area contributed by atoms with Crippen LogP contribution in [-0.2, 0) is 11.3 Å². The number of hydrogen-bond donors (Lipinski definition) is 0. The standard InChI is InChI=1S/C28H34O2.C27H32O2.C26H30O2.C23H23NO3S/c1-3-21(2)24-15-17-26(18-16-24)29-19-22-11-13-23(14-12-22)20-30-28-10-6-8-25-7-4-5-9-27(25)28;1-3-20(2)21-11-13-25(14-12-21)29-26-17-15-24(16-18-26)28-19-23-9-6-8-22-7-4-5-10-27(22)23;1-3-19(2)20-8-11-23(12-9-20)27-24-14-16-25(17-15-24)28-26-13-10-21-6-4-5-7-22(21)18-26;1-3-17(2)18-8-12-20(13-9-18)27-16-28-21-14-10-19(11-15-21)22-6-4-5-7-23(22)24(25)26/h4-10,15-18,21-23H,3,11-14,19-20H2,1-2H3;4-14,20,24,26H,3,15-19H2,1-2H3;4-13,18-19,24-25H,3,14-17H2,1-2H3;4-15,17H,3,16H2,1-2H3. The maximum Gasteiger partial charge on any atom is 0.277 e. The summed E-state index contributed by atoms with van der Waals surface area (Å²) in [6, 6.07) is 93.4. The molecule has 0 spiro atoms. The van der Waals surface area contributed by atoms with Gasteiger partial charge in [-0.25, -0.2) is 0 Å². The van der Waals surface area contributed by atoms with Crippen molar-refractivity contribution in [2.75, 3.05) is 19.2 Å². The molecule has 3 fully saturated rings. The van der Waals surface area contributed by atoms with E-state index in [1.807, 2.05) is 42.5 Å². The Bertz CT molecular complexity index is 4880. The van der Waals surface area contributed by atoms with Gasteiger partial charge in [0.25, 0.3) is 5.69 Å². The summed E-state index contributed by atoms with van der Waals surface area (Å²) in [5.41, 5.74) is 8.37. The molecule has 4 atom stereocenters. The summed E-state index contributed by atoms with van der Waals surface area (Å²) in [6.07, 6.45) is 19.2. The molecule has 0 bridgehead atoms. The van der Waals surface area contributed by atoms with Crippen LogP contribution in [0.5, 0.6) is 34.5 Å². The quantitative estimate of drug-likeness (QED) is 0.0195. The Morgan fingerprint density at radius 2 is 0.765 bits per heavy atom. The Hall–Kier alpha value is -10.1. The second kappa shape index (κ2) is 43.6. The monoisotopic (exact) mass is 1560 g/mol. The lowest BCUT2D eigenvalue weighted by Crippen LogP contribution is -2.30. The van der Waals surface area contributed by atoms with Crippen LogP contribution >= 0.6 is 11.8 Å². The van der Waals surface area contributed by atoms with Gasteiger partial charge in [-0.3, -0.25) is 10.1 Å². The average Bonchev–Trinajstić information content (AvgIpc) is 0.839. The Morgan fingerprint density at radius 1 is 0.365 bits per heavy atom. The molecule has 0 heterocycles. The molecule has 600 valence electrons. The van der Waals surface area contributed by atoms with Gasteiger partial charge >= 0.3 is 0 Å². The molecule has 3 saturated carbocycles. The maximum atomic E-state index is 11.2. The lowest BCUT2D eigenvalue weighted by atomic mass is 9.83. The van der Waals surface area contributed by atoms with Crippen LogP contribution < -0.4 is 28.4 Å². The van der Waals surface area contributed by atoms with Crippen LogP contribution in [0.3, 0.4) is 0 Å². The SMILES string of the molecule is CCC(C)c1ccc(OC2CCC(OCc3cccc4ccccc34)CC2)cc1.CCC(C)c1ccc(OC2CCC(Oc3ccc4ccccc4c3)CC2)cc1.CCC(C)c1ccc(OCC2CCC(COc3cccc4ccccc34)CC2)cc1.CCC(C)c1ccc(OCSc2ccc(-c3ccccc3[N+](=O)[O-])cc2)cc1. The van der Waals surface area contributed by atoms with E-state index in [2.05, 4.69) is 268 Å². The summed E-state index contributed by atoms with van der Waals surface area (Å²) in [4.78, 5) is 11.9. The molecule has 12 aromatic rings. The van der Waals surface area contributed by atoms with Crippen molar-refractivity contribution in [3.8, 4) is 45.6 Å². The number of hydrogen-bond acceptors (Lipinski definition) is 10. The van der Waals surface area contributed by atoms with E-state index in [4.69, 9.17) is 33.2 Å². The van der Waals surface area contributed by atoms with Crippen LogP contribution in [0, 0.1) is 22.0 Å². The number of ether oxygens (including phenoxy) is 7. The summed E-state index contributed by atoms with van der Waals surface area (Å²) in [5.74, 6) is 10.0. The van der Waals surface area contributed by atoms with Gasteiger partial charge in [-0.2, -0.15) is 0 Å². The molecule has 12 aromatic carbocycles. The number of nitrogens with zero attached hydrogens (tertiary/aromatic N) is 1. The van der Waals surface area contributed by atoms with E-state index in [0.29, 0.717) is 71.9 Å². The highest BCUT2D eigenvalue weighted by molar-refractivity contribution is 7.99. The van der Waals surface area contributed by atoms with Crippen molar-refractivity contribution in [1.29, 1.82) is 0 Å². The van der Waals surface area contributed by atoms with Crippen molar-refractivity contribution in [3.63, 3.8) is 0 Å². The van der Waals surface area contributed by atoms with Gasteiger partial charge in [-0.05, 0) is 283 Å². The van der Waals surface area contributed by atoms with Crippen LogP contribution in [0.25, 0.3) is 43.4 Å². The minimum atomic E-state index is -0.349. The van der Waals surface area contributed by atoms with Gasteiger partial charge in [0.2, 0.25) is 0 Å². The fourth-order valence-corrected chi connectivity index (χ4v) is 16.2. The van der Waals surface area contributed by atoms with Gasteiger partial charge in [0.15, 0.2) is 0 Å². The Morgan fingerprint density at radius 3 is 1.28 bits per heavy atom. The lowest BCUT2D eigenvalue weighted by Gasteiger charge is -2.29. The zero-order valence-corrected chi connectivity index (χ0v) is 69.7. The van der Waals surface area contributed by atoms with E-state index in [1.165, 1.54) is 111 Å². The molecule has 0 radical (unpaired) electrons. The molecule has 4 unspecified atom stereocenters. The number of nitro groups is 1. The molecule has 115 heavy (non-hydrogen) atoms. The minimum absolute atomic E-state index is 0.118. The van der Waals surface area contributed by atoms with Crippen molar-refractivity contribution in [3.05, 3.63) is 311 Å². The van der Waals surface area contributed by atoms with E-state index in [1.54, 1.807) is 23.9 Å². The third kappa shape index (κ3) is 25.0. The number of fused-ring (bicyclic) bond motifs is 3. The zero-order valence-electron chi connectivity index (χ0n) is 68.9. The van der Waals surface area contributed by atoms with Crippen molar-refractivity contribution < 1.29 is 38.1 Å². The third-order valence-corrected chi connectivity index (χ3v) is 24.7. The predicted octanol–water partition coefficient (Wildman–Crippen LogP) is 28.9. The fourth-order valence-electron chi connectivity index (χ4n) is 15.6. The van der Waals surface area contributed by atoms with Crippen LogP contribution in [0.1, 0.15) is 210 Å². The Kier molecular flexibility index (Phi) is 32.0. The number of para-hydroxylation sites is 1. The smallest absolute Gasteiger partial charge is 0.277 e. The topological polar surface area (TPSA) is 108 Å². The van der Waals surface area contributed by atoms with E-state index in [-0.39, 0.29) is 16.7 Å². The number of nitro benzene ring substituents is 1. The van der Waals surface area contributed by atoms with E-state index in [9.17, 15) is 10.1 Å². The van der Waals surface area contributed by atoms with E-state index < -0.39 is 0 Å². The normalized spacial score (nSPS) is 18.3. The first-order chi connectivity index (χ1) is 56.2. The van der Waals surface area contributed by atoms with E-state index in [0.717, 1.165) is 116 Å². The number of benzene rings is 12. The molecule has 3 aliphatic carbocycles. The molecular formula is C104H119NO9S. The van der Waals surface area contributed by atoms with Crippen molar-refractivity contribution in [1.82, 2.24) is 0 Å². The van der Waals surface area contributed by atoms with Gasteiger partial charge in [0, 0.05) is 16.3 Å². The van der Waals surface area contributed by atoms with Crippen LogP contribution in [0.4, 0.5) is 5.69 Å². The highest BCUT2D eigenvalue weighted by Crippen LogP contribution is 2.37. The maximum absolute atomic E-state index is 11.2. The lowest BCUT2D eigenvalue weighted by molar-refractivity contribution is -0.384. The van der Waals surface area contributed by atoms with Gasteiger partial charge in [0.1, 0.15) is 40.4 Å². The predicted molar refractivity (Wildman–Crippen MR) is 478 cm³/mol. The second-order valence-corrected chi connectivity index (χ2v) is 32.8. The van der Waals surface area contributed by atoms with Gasteiger partial charge in [-0.15, -0.1) is 0 Å². The van der Waals surface area contributed by atoms with Crippen LogP contribution in [0.2, 0.25) is 0 Å². The van der Waals surface area contributed by atoms with Gasteiger partial charge < -0.3 is 33.2 Å². The molecule has 0 amide bonds. The summed E-state index contributed by atoms with van der Waals surface area (Å²) >= 11 is 1.59. The first-order valence-electron chi connectivity index (χ1n) is 42.5. The summed E-state index contributed by atoms with van der Waals surface area (Å²) in [7, 11) is 0. The Balaban J connectivity index is 0.000000142. The molecule has 0 aliphatic heterocycles. The molecule has 0 saturated heterocycles. The van der Waals surface area contributed by atoms with Crippen molar-refractivity contribution >= 4 is 49.8 Å². The first kappa shape index (κ1) is 84.3. The molecule has 15 rings (SSSR count). The molecule has 3 aliphatic rings. The summed E-state index contributed by atoms with van der Waals surface area (Å²) in [6.45, 7) is 20.3. The second-order valence-electron chi connectivity index (χ2n) is 31.8. The van der Waals surface area contributed by atoms with Crippen LogP contribution in [0.15, 0.2) is 278 Å². The van der Waals surface area contributed by atoms with E-state index >= 15 is 0 Å². The van der Waals surface area contributed by atoms with Crippen molar-refractivity contribution in [2.24, 2.45) is 11.8 Å². The highest BCUT2D eigenvalue weighted by atomic mass is 32.2. The summed E-state index contributed by atoms with van der Waals surface area (Å²) in [5, 5.41) is 18.7. The fraction of sp³-hybridized carbons (Fsp3) is 0.365. The molecular weight excluding hydrogens is 1440 g/mol. The van der Waals surface area contributed by atoms with Gasteiger partial charge in [0.05, 0.1) is 54.7 Å². The number of thioether (sulfide) groups is 1.